The van der Waals surface area contributed by atoms with Crippen LogP contribution in [0.3, 0.4) is 0 Å². The number of hydrogen-bond acceptors (Lipinski definition) is 3. The lowest BCUT2D eigenvalue weighted by molar-refractivity contribution is 0.185. The molecule has 1 saturated carbocycles. The van der Waals surface area contributed by atoms with Crippen molar-refractivity contribution in [2.75, 3.05) is 6.54 Å². The molecular weight excluding hydrogens is 128 g/mol. The summed E-state index contributed by atoms with van der Waals surface area (Å²) in [6.07, 6.45) is 3.48. The third kappa shape index (κ3) is 0.850. The van der Waals surface area contributed by atoms with Gasteiger partial charge in [0.25, 0.3) is 0 Å². The topological polar surface area (TPSA) is 41.5 Å². The molecule has 0 aromatic carbocycles. The van der Waals surface area contributed by atoms with Crippen LogP contribution in [0.2, 0.25) is 0 Å². The van der Waals surface area contributed by atoms with Crippen molar-refractivity contribution in [1.29, 1.82) is 0 Å². The standard InChI is InChI=1S/C7H12N2O/c10-9-7-3-5-1-2-6(7)8-4-5/h5-8H,1-4H2. The fraction of sp³-hybridized carbons (Fsp3) is 1.00. The number of hydrogen-bond donors (Lipinski definition) is 1. The highest BCUT2D eigenvalue weighted by molar-refractivity contribution is 4.95. The summed E-state index contributed by atoms with van der Waals surface area (Å²) in [5.41, 5.74) is 0. The number of piperidine rings is 2. The van der Waals surface area contributed by atoms with Gasteiger partial charge >= 0.3 is 0 Å². The molecule has 3 heteroatoms. The zero-order chi connectivity index (χ0) is 6.97. The van der Waals surface area contributed by atoms with Crippen molar-refractivity contribution in [1.82, 2.24) is 5.32 Å². The Morgan fingerprint density at radius 1 is 1.40 bits per heavy atom. The lowest BCUT2D eigenvalue weighted by Crippen LogP contribution is -2.52. The van der Waals surface area contributed by atoms with Crippen LogP contribution in [0.25, 0.3) is 0 Å². The highest BCUT2D eigenvalue weighted by Crippen LogP contribution is 2.30. The molecule has 0 amide bonds. The number of rotatable bonds is 1. The van der Waals surface area contributed by atoms with Crippen molar-refractivity contribution in [3.05, 3.63) is 4.91 Å². The monoisotopic (exact) mass is 140 g/mol. The van der Waals surface area contributed by atoms with E-state index in [1.807, 2.05) is 0 Å². The second kappa shape index (κ2) is 2.31. The van der Waals surface area contributed by atoms with Gasteiger partial charge in [0.2, 0.25) is 0 Å². The Kier molecular flexibility index (Phi) is 1.45. The van der Waals surface area contributed by atoms with E-state index in [9.17, 15) is 4.91 Å². The summed E-state index contributed by atoms with van der Waals surface area (Å²) >= 11 is 0. The van der Waals surface area contributed by atoms with Crippen molar-refractivity contribution >= 4 is 0 Å². The molecule has 3 unspecified atom stereocenters. The van der Waals surface area contributed by atoms with E-state index in [4.69, 9.17) is 0 Å². The van der Waals surface area contributed by atoms with Crippen LogP contribution < -0.4 is 5.32 Å². The molecular formula is C7H12N2O. The van der Waals surface area contributed by atoms with Crippen molar-refractivity contribution in [3.63, 3.8) is 0 Å². The van der Waals surface area contributed by atoms with Gasteiger partial charge in [-0.25, -0.2) is 0 Å². The van der Waals surface area contributed by atoms with E-state index in [1.54, 1.807) is 0 Å². The number of nitroso groups, excluding NO2 is 1. The van der Waals surface area contributed by atoms with E-state index >= 15 is 0 Å². The molecule has 1 N–H and O–H groups in total. The molecule has 3 atom stereocenters. The Balaban J connectivity index is 2.07. The molecule has 56 valence electrons. The first-order valence-corrected chi connectivity index (χ1v) is 3.96. The molecule has 3 fully saturated rings. The Morgan fingerprint density at radius 3 is 2.60 bits per heavy atom. The van der Waals surface area contributed by atoms with Gasteiger partial charge in [-0.2, -0.15) is 4.91 Å². The normalized spacial score (nSPS) is 45.4. The molecule has 2 bridgehead atoms. The maximum atomic E-state index is 10.3. The average Bonchev–Trinajstić information content (AvgIpc) is 2.06. The maximum absolute atomic E-state index is 10.3. The van der Waals surface area contributed by atoms with Gasteiger partial charge in [-0.05, 0) is 31.7 Å². The van der Waals surface area contributed by atoms with Crippen molar-refractivity contribution in [2.24, 2.45) is 11.1 Å². The quantitative estimate of drug-likeness (QED) is 0.549. The first kappa shape index (κ1) is 6.28. The summed E-state index contributed by atoms with van der Waals surface area (Å²) < 4.78 is 0. The molecule has 2 aliphatic heterocycles. The van der Waals surface area contributed by atoms with E-state index in [0.717, 1.165) is 25.3 Å². The van der Waals surface area contributed by atoms with Gasteiger partial charge in [-0.3, -0.25) is 0 Å². The zero-order valence-electron chi connectivity index (χ0n) is 5.92. The number of nitrogens with zero attached hydrogens (tertiary/aromatic N) is 1. The molecule has 3 aliphatic rings. The Hall–Kier alpha value is -0.440. The fourth-order valence-electron chi connectivity index (χ4n) is 2.09. The van der Waals surface area contributed by atoms with Gasteiger partial charge in [0.15, 0.2) is 0 Å². The first-order chi connectivity index (χ1) is 4.90. The first-order valence-electron chi connectivity index (χ1n) is 3.96. The highest BCUT2D eigenvalue weighted by Gasteiger charge is 2.35. The summed E-state index contributed by atoms with van der Waals surface area (Å²) in [4.78, 5) is 10.3. The average molecular weight is 140 g/mol. The van der Waals surface area contributed by atoms with Gasteiger partial charge in [-0.1, -0.05) is 5.18 Å². The van der Waals surface area contributed by atoms with Gasteiger partial charge in [0, 0.05) is 6.04 Å². The third-order valence-electron chi connectivity index (χ3n) is 2.73. The molecule has 0 spiro atoms. The predicted molar refractivity (Wildman–Crippen MR) is 38.7 cm³/mol. The van der Waals surface area contributed by atoms with Crippen LogP contribution in [-0.2, 0) is 0 Å². The van der Waals surface area contributed by atoms with Crippen LogP contribution in [0.4, 0.5) is 0 Å². The Bertz CT molecular complexity index is 141. The van der Waals surface area contributed by atoms with E-state index in [-0.39, 0.29) is 6.04 Å². The van der Waals surface area contributed by atoms with E-state index in [1.165, 1.54) is 6.42 Å². The van der Waals surface area contributed by atoms with E-state index in [0.29, 0.717) is 6.04 Å². The minimum Gasteiger partial charge on any atom is -0.311 e. The smallest absolute Gasteiger partial charge is 0.107 e. The summed E-state index contributed by atoms with van der Waals surface area (Å²) in [5, 5.41) is 6.44. The van der Waals surface area contributed by atoms with Crippen LogP contribution in [0.5, 0.6) is 0 Å². The van der Waals surface area contributed by atoms with Crippen LogP contribution in [0.1, 0.15) is 19.3 Å². The van der Waals surface area contributed by atoms with E-state index < -0.39 is 0 Å². The fourth-order valence-corrected chi connectivity index (χ4v) is 2.09. The highest BCUT2D eigenvalue weighted by atomic mass is 16.3. The molecule has 0 radical (unpaired) electrons. The molecule has 0 aromatic heterocycles. The second-order valence-corrected chi connectivity index (χ2v) is 3.37. The largest absolute Gasteiger partial charge is 0.311 e. The molecule has 2 heterocycles. The van der Waals surface area contributed by atoms with Crippen molar-refractivity contribution in [3.8, 4) is 0 Å². The molecule has 0 aromatic rings. The summed E-state index contributed by atoms with van der Waals surface area (Å²) in [5.74, 6) is 0.729. The third-order valence-corrected chi connectivity index (χ3v) is 2.73. The van der Waals surface area contributed by atoms with Crippen LogP contribution >= 0.6 is 0 Å². The summed E-state index contributed by atoms with van der Waals surface area (Å²) in [6, 6.07) is 0.481. The van der Waals surface area contributed by atoms with Crippen LogP contribution in [0, 0.1) is 10.8 Å². The van der Waals surface area contributed by atoms with Crippen molar-refractivity contribution in [2.45, 2.75) is 31.3 Å². The second-order valence-electron chi connectivity index (χ2n) is 3.37. The molecule has 1 aliphatic carbocycles. The van der Waals surface area contributed by atoms with E-state index in [2.05, 4.69) is 10.5 Å². The molecule has 3 nitrogen and oxygen atoms in total. The maximum Gasteiger partial charge on any atom is 0.107 e. The summed E-state index contributed by atoms with van der Waals surface area (Å²) in [6.45, 7) is 1.11. The van der Waals surface area contributed by atoms with Crippen LogP contribution in [0.15, 0.2) is 5.18 Å². The lowest BCUT2D eigenvalue weighted by atomic mass is 9.78. The molecule has 2 saturated heterocycles. The van der Waals surface area contributed by atoms with Crippen LogP contribution in [-0.4, -0.2) is 18.6 Å². The SMILES string of the molecule is O=NC1CC2CCC1NC2. The Morgan fingerprint density at radius 2 is 2.30 bits per heavy atom. The molecule has 10 heavy (non-hydrogen) atoms. The van der Waals surface area contributed by atoms with Gasteiger partial charge in [0.05, 0.1) is 0 Å². The van der Waals surface area contributed by atoms with Gasteiger partial charge in [-0.15, -0.1) is 0 Å². The Labute approximate surface area is 60.2 Å². The lowest BCUT2D eigenvalue weighted by Gasteiger charge is -2.39. The predicted octanol–water partition coefficient (Wildman–Crippen LogP) is 0.893. The number of fused-ring (bicyclic) bond motifs is 3. The number of nitrogens with one attached hydrogen (secondary N) is 1. The zero-order valence-corrected chi connectivity index (χ0v) is 5.92. The minimum atomic E-state index is 0.0764. The summed E-state index contributed by atoms with van der Waals surface area (Å²) in [7, 11) is 0. The molecule has 3 rings (SSSR count). The van der Waals surface area contributed by atoms with Crippen molar-refractivity contribution < 1.29 is 0 Å². The van der Waals surface area contributed by atoms with Gasteiger partial charge in [0.1, 0.15) is 6.04 Å². The van der Waals surface area contributed by atoms with Gasteiger partial charge < -0.3 is 5.32 Å². The minimum absolute atomic E-state index is 0.0764.